The van der Waals surface area contributed by atoms with Gasteiger partial charge >= 0.3 is 5.97 Å². The molecular weight excluding hydrogens is 414 g/mol. The second kappa shape index (κ2) is 8.47. The van der Waals surface area contributed by atoms with Crippen molar-refractivity contribution in [1.82, 2.24) is 14.8 Å². The van der Waals surface area contributed by atoms with Crippen LogP contribution in [0.15, 0.2) is 6.07 Å². The summed E-state index contributed by atoms with van der Waals surface area (Å²) in [6, 6.07) is 1.33. The van der Waals surface area contributed by atoms with Gasteiger partial charge in [0.25, 0.3) is 6.43 Å². The van der Waals surface area contributed by atoms with Crippen LogP contribution >= 0.6 is 11.3 Å². The molecule has 0 aliphatic heterocycles. The van der Waals surface area contributed by atoms with Crippen molar-refractivity contribution in [2.75, 3.05) is 12.4 Å². The number of aromatic nitrogens is 3. The number of halogens is 2. The highest BCUT2D eigenvalue weighted by Crippen LogP contribution is 2.34. The maximum atomic E-state index is 13.5. The SMILES string of the molecule is CCc1c(C)sc(NC(=O)Cn2nc(C)c3c(C(F)F)cc(C)nc32)c1C(=O)OC. The molecule has 1 N–H and O–H groups in total. The van der Waals surface area contributed by atoms with E-state index in [1.165, 1.54) is 29.2 Å². The monoisotopic (exact) mass is 436 g/mol. The van der Waals surface area contributed by atoms with Crippen molar-refractivity contribution in [3.05, 3.63) is 39.0 Å². The first-order chi connectivity index (χ1) is 14.2. The third kappa shape index (κ3) is 3.91. The minimum absolute atomic E-state index is 0.156. The molecular formula is C20H22F2N4O3S. The van der Waals surface area contributed by atoms with E-state index in [0.717, 1.165) is 10.4 Å². The van der Waals surface area contributed by atoms with Crippen LogP contribution in [0.2, 0.25) is 0 Å². The van der Waals surface area contributed by atoms with Gasteiger partial charge < -0.3 is 10.1 Å². The average Bonchev–Trinajstić information content (AvgIpc) is 3.16. The molecule has 0 fully saturated rings. The molecule has 3 heterocycles. The first-order valence-electron chi connectivity index (χ1n) is 9.31. The number of thiophene rings is 1. The van der Waals surface area contributed by atoms with E-state index in [1.54, 1.807) is 13.8 Å². The molecule has 0 atom stereocenters. The molecule has 160 valence electrons. The molecule has 10 heteroatoms. The first-order valence-corrected chi connectivity index (χ1v) is 10.1. The van der Waals surface area contributed by atoms with Gasteiger partial charge in [0.2, 0.25) is 5.91 Å². The summed E-state index contributed by atoms with van der Waals surface area (Å²) in [7, 11) is 1.29. The van der Waals surface area contributed by atoms with Crippen LogP contribution in [0.25, 0.3) is 11.0 Å². The summed E-state index contributed by atoms with van der Waals surface area (Å²) in [5.74, 6) is -0.971. The molecule has 0 aromatic carbocycles. The maximum absolute atomic E-state index is 13.5. The summed E-state index contributed by atoms with van der Waals surface area (Å²) in [6.07, 6.45) is -2.06. The minimum Gasteiger partial charge on any atom is -0.465 e. The number of nitrogens with zero attached hydrogens (tertiary/aromatic N) is 3. The predicted molar refractivity (Wildman–Crippen MR) is 110 cm³/mol. The lowest BCUT2D eigenvalue weighted by Crippen LogP contribution is -2.21. The van der Waals surface area contributed by atoms with Gasteiger partial charge in [-0.15, -0.1) is 11.3 Å². The number of carbonyl (C=O) groups is 2. The minimum atomic E-state index is -2.68. The Labute approximate surface area is 176 Å². The predicted octanol–water partition coefficient (Wildman–Crippen LogP) is 4.34. The highest BCUT2D eigenvalue weighted by atomic mass is 32.1. The Morgan fingerprint density at radius 2 is 2.00 bits per heavy atom. The van der Waals surface area contributed by atoms with Gasteiger partial charge in [0.15, 0.2) is 5.65 Å². The number of nitrogens with one attached hydrogen (secondary N) is 1. The number of methoxy groups -OCH3 is 1. The number of hydrogen-bond acceptors (Lipinski definition) is 6. The van der Waals surface area contributed by atoms with Crippen LogP contribution < -0.4 is 5.32 Å². The molecule has 0 saturated carbocycles. The van der Waals surface area contributed by atoms with Crippen molar-refractivity contribution in [1.29, 1.82) is 0 Å². The smallest absolute Gasteiger partial charge is 0.341 e. The van der Waals surface area contributed by atoms with Crippen LogP contribution in [0.3, 0.4) is 0 Å². The Kier molecular flexibility index (Phi) is 6.16. The molecule has 3 aromatic rings. The van der Waals surface area contributed by atoms with Crippen molar-refractivity contribution in [2.24, 2.45) is 0 Å². The third-order valence-corrected chi connectivity index (χ3v) is 5.83. The topological polar surface area (TPSA) is 86.1 Å². The lowest BCUT2D eigenvalue weighted by atomic mass is 10.1. The lowest BCUT2D eigenvalue weighted by molar-refractivity contribution is -0.116. The summed E-state index contributed by atoms with van der Waals surface area (Å²) in [5, 5.41) is 7.62. The van der Waals surface area contributed by atoms with Crippen LogP contribution in [0.1, 0.15) is 51.1 Å². The van der Waals surface area contributed by atoms with E-state index in [0.29, 0.717) is 28.4 Å². The van der Waals surface area contributed by atoms with Gasteiger partial charge in [-0.3, -0.25) is 4.79 Å². The van der Waals surface area contributed by atoms with Crippen LogP contribution in [0.4, 0.5) is 13.8 Å². The Hall–Kier alpha value is -2.88. The Morgan fingerprint density at radius 1 is 1.30 bits per heavy atom. The second-order valence-corrected chi connectivity index (χ2v) is 8.05. The van der Waals surface area contributed by atoms with Gasteiger partial charge in [-0.2, -0.15) is 5.10 Å². The normalized spacial score (nSPS) is 11.3. The average molecular weight is 436 g/mol. The highest BCUT2D eigenvalue weighted by molar-refractivity contribution is 7.16. The lowest BCUT2D eigenvalue weighted by Gasteiger charge is -2.08. The van der Waals surface area contributed by atoms with Crippen molar-refractivity contribution >= 4 is 39.2 Å². The maximum Gasteiger partial charge on any atom is 0.341 e. The van der Waals surface area contributed by atoms with Crippen LogP contribution in [0, 0.1) is 20.8 Å². The van der Waals surface area contributed by atoms with Gasteiger partial charge in [-0.25, -0.2) is 23.2 Å². The van der Waals surface area contributed by atoms with Crippen molar-refractivity contribution in [2.45, 2.75) is 47.1 Å². The molecule has 30 heavy (non-hydrogen) atoms. The number of aryl methyl sites for hydroxylation is 3. The summed E-state index contributed by atoms with van der Waals surface area (Å²) >= 11 is 1.29. The van der Waals surface area contributed by atoms with Crippen molar-refractivity contribution < 1.29 is 23.1 Å². The van der Waals surface area contributed by atoms with E-state index in [4.69, 9.17) is 4.74 Å². The fourth-order valence-electron chi connectivity index (χ4n) is 3.51. The first kappa shape index (κ1) is 21.8. The van der Waals surface area contributed by atoms with Gasteiger partial charge in [0.05, 0.1) is 23.8 Å². The number of rotatable bonds is 6. The zero-order valence-electron chi connectivity index (χ0n) is 17.3. The van der Waals surface area contributed by atoms with E-state index < -0.39 is 18.3 Å². The van der Waals surface area contributed by atoms with Crippen LogP contribution in [0.5, 0.6) is 0 Å². The zero-order chi connectivity index (χ0) is 22.2. The molecule has 0 radical (unpaired) electrons. The fourth-order valence-corrected chi connectivity index (χ4v) is 4.66. The van der Waals surface area contributed by atoms with Crippen LogP contribution in [-0.2, 0) is 22.5 Å². The molecule has 3 aromatic heterocycles. The number of amides is 1. The molecule has 0 aliphatic rings. The third-order valence-electron chi connectivity index (χ3n) is 4.77. The number of ether oxygens (including phenoxy) is 1. The molecule has 1 amide bonds. The molecule has 3 rings (SSSR count). The molecule has 0 bridgehead atoms. The largest absolute Gasteiger partial charge is 0.465 e. The second-order valence-electron chi connectivity index (χ2n) is 6.83. The molecule has 0 aliphatic carbocycles. The zero-order valence-corrected chi connectivity index (χ0v) is 18.1. The fraction of sp³-hybridized carbons (Fsp3) is 0.400. The molecule has 0 spiro atoms. The standard InChI is InChI=1S/C20H22F2N4O3S/c1-6-12-11(4)30-19(16(12)20(28)29-5)24-14(27)8-26-18-15(10(3)25-26)13(17(21)22)7-9(2)23-18/h7,17H,6,8H2,1-5H3,(H,24,27). The Bertz CT molecular complexity index is 1140. The Morgan fingerprint density at radius 3 is 2.60 bits per heavy atom. The van der Waals surface area contributed by atoms with Gasteiger partial charge in [0.1, 0.15) is 11.5 Å². The van der Waals surface area contributed by atoms with E-state index >= 15 is 0 Å². The molecule has 0 saturated heterocycles. The highest BCUT2D eigenvalue weighted by Gasteiger charge is 2.24. The number of fused-ring (bicyclic) bond motifs is 1. The van der Waals surface area contributed by atoms with Gasteiger partial charge in [-0.1, -0.05) is 6.92 Å². The van der Waals surface area contributed by atoms with E-state index in [9.17, 15) is 18.4 Å². The van der Waals surface area contributed by atoms with Gasteiger partial charge in [0, 0.05) is 16.1 Å². The van der Waals surface area contributed by atoms with E-state index in [-0.39, 0.29) is 23.1 Å². The summed E-state index contributed by atoms with van der Waals surface area (Å²) in [6.45, 7) is 6.77. The van der Waals surface area contributed by atoms with E-state index in [1.807, 2.05) is 13.8 Å². The summed E-state index contributed by atoms with van der Waals surface area (Å²) < 4.78 is 33.1. The van der Waals surface area contributed by atoms with Crippen molar-refractivity contribution in [3.8, 4) is 0 Å². The molecule has 7 nitrogen and oxygen atoms in total. The van der Waals surface area contributed by atoms with Gasteiger partial charge in [-0.05, 0) is 38.8 Å². The quantitative estimate of drug-likeness (QED) is 0.581. The van der Waals surface area contributed by atoms with E-state index in [2.05, 4.69) is 15.4 Å². The number of carbonyl (C=O) groups excluding carboxylic acids is 2. The number of alkyl halides is 2. The number of pyridine rings is 1. The summed E-state index contributed by atoms with van der Waals surface area (Å²) in [4.78, 5) is 30.2. The number of esters is 1. The van der Waals surface area contributed by atoms with Crippen LogP contribution in [-0.4, -0.2) is 33.8 Å². The summed E-state index contributed by atoms with van der Waals surface area (Å²) in [5.41, 5.74) is 2.01. The molecule has 0 unspecified atom stereocenters. The van der Waals surface area contributed by atoms with Crippen molar-refractivity contribution in [3.63, 3.8) is 0 Å². The Balaban J connectivity index is 1.95. The number of hydrogen-bond donors (Lipinski definition) is 1. The number of anilines is 1.